The van der Waals surface area contributed by atoms with Crippen LogP contribution in [-0.2, 0) is 6.54 Å². The van der Waals surface area contributed by atoms with Crippen molar-refractivity contribution < 1.29 is 14.0 Å². The Morgan fingerprint density at radius 2 is 1.71 bits per heavy atom. The minimum atomic E-state index is -0.122. The quantitative estimate of drug-likeness (QED) is 0.883. The summed E-state index contributed by atoms with van der Waals surface area (Å²) in [6, 6.07) is 11.0. The molecule has 1 N–H and O–H groups in total. The Hall–Kier alpha value is -2.80. The summed E-state index contributed by atoms with van der Waals surface area (Å²) in [7, 11) is 0. The molecule has 0 atom stereocenters. The molecule has 1 aromatic carbocycles. The number of carbonyl (C=O) groups is 2. The van der Waals surface area contributed by atoms with Crippen LogP contribution in [0.5, 0.6) is 0 Å². The maximum atomic E-state index is 12.6. The number of furan rings is 1. The van der Waals surface area contributed by atoms with E-state index in [1.54, 1.807) is 12.3 Å². The smallest absolute Gasteiger partial charge is 0.321 e. The highest BCUT2D eigenvalue weighted by atomic mass is 16.3. The molecular formula is C21H26N4O3. The average Bonchev–Trinajstić information content (AvgIpc) is 3.42. The van der Waals surface area contributed by atoms with Crippen molar-refractivity contribution >= 4 is 17.6 Å². The van der Waals surface area contributed by atoms with Crippen molar-refractivity contribution in [3.8, 4) is 0 Å². The molecule has 0 unspecified atom stereocenters. The third-order valence-electron chi connectivity index (χ3n) is 5.37. The van der Waals surface area contributed by atoms with Crippen molar-refractivity contribution in [1.29, 1.82) is 0 Å². The monoisotopic (exact) mass is 382 g/mol. The topological polar surface area (TPSA) is 69.0 Å². The van der Waals surface area contributed by atoms with Crippen molar-refractivity contribution in [2.75, 3.05) is 44.6 Å². The van der Waals surface area contributed by atoms with E-state index in [0.29, 0.717) is 24.3 Å². The van der Waals surface area contributed by atoms with Gasteiger partial charge in [-0.05, 0) is 43.2 Å². The van der Waals surface area contributed by atoms with E-state index in [0.717, 1.165) is 51.3 Å². The number of hydrogen-bond donors (Lipinski definition) is 1. The zero-order valence-corrected chi connectivity index (χ0v) is 16.0. The summed E-state index contributed by atoms with van der Waals surface area (Å²) in [4.78, 5) is 31.1. The summed E-state index contributed by atoms with van der Waals surface area (Å²) in [5.41, 5.74) is 1.29. The minimum absolute atomic E-state index is 0.0418. The zero-order valence-electron chi connectivity index (χ0n) is 16.0. The third kappa shape index (κ3) is 4.36. The molecule has 148 valence electrons. The Kier molecular flexibility index (Phi) is 5.62. The van der Waals surface area contributed by atoms with Crippen LogP contribution >= 0.6 is 0 Å². The Morgan fingerprint density at radius 3 is 2.43 bits per heavy atom. The van der Waals surface area contributed by atoms with Crippen LogP contribution in [0.1, 0.15) is 29.0 Å². The average molecular weight is 382 g/mol. The van der Waals surface area contributed by atoms with Gasteiger partial charge in [0.05, 0.1) is 12.8 Å². The number of nitrogens with zero attached hydrogens (tertiary/aromatic N) is 3. The van der Waals surface area contributed by atoms with Gasteiger partial charge in [-0.15, -0.1) is 0 Å². The SMILES string of the molecule is O=C(Nc1cccc(C(=O)N2CCCC2)c1)N1CCN(Cc2ccco2)CC1. The molecule has 0 bridgehead atoms. The second-order valence-corrected chi connectivity index (χ2v) is 7.35. The van der Waals surface area contributed by atoms with E-state index >= 15 is 0 Å². The van der Waals surface area contributed by atoms with E-state index in [1.807, 2.05) is 40.1 Å². The second-order valence-electron chi connectivity index (χ2n) is 7.35. The number of hydrogen-bond acceptors (Lipinski definition) is 4. The molecule has 2 aliphatic rings. The van der Waals surface area contributed by atoms with Crippen LogP contribution in [0.25, 0.3) is 0 Å². The lowest BCUT2D eigenvalue weighted by Gasteiger charge is -2.34. The van der Waals surface area contributed by atoms with E-state index in [4.69, 9.17) is 4.42 Å². The summed E-state index contributed by atoms with van der Waals surface area (Å²) in [5.74, 6) is 0.984. The normalized spacial score (nSPS) is 17.7. The van der Waals surface area contributed by atoms with Gasteiger partial charge >= 0.3 is 6.03 Å². The highest BCUT2D eigenvalue weighted by molar-refractivity contribution is 5.97. The first-order valence-corrected chi connectivity index (χ1v) is 9.89. The molecule has 1 aromatic heterocycles. The van der Waals surface area contributed by atoms with Gasteiger partial charge in [-0.25, -0.2) is 4.79 Å². The number of rotatable bonds is 4. The number of likely N-dealkylation sites (tertiary alicyclic amines) is 1. The Bertz CT molecular complexity index is 807. The molecule has 2 aliphatic heterocycles. The van der Waals surface area contributed by atoms with Crippen LogP contribution < -0.4 is 5.32 Å². The van der Waals surface area contributed by atoms with Gasteiger partial charge in [0.25, 0.3) is 5.91 Å². The van der Waals surface area contributed by atoms with E-state index in [2.05, 4.69) is 10.2 Å². The van der Waals surface area contributed by atoms with Gasteiger partial charge in [0.2, 0.25) is 0 Å². The van der Waals surface area contributed by atoms with Crippen molar-refractivity contribution in [1.82, 2.24) is 14.7 Å². The molecule has 28 heavy (non-hydrogen) atoms. The molecule has 2 fully saturated rings. The molecule has 0 radical (unpaired) electrons. The molecule has 4 rings (SSSR count). The van der Waals surface area contributed by atoms with Crippen LogP contribution in [0.15, 0.2) is 47.1 Å². The van der Waals surface area contributed by atoms with Gasteiger partial charge in [-0.3, -0.25) is 9.69 Å². The Morgan fingerprint density at radius 1 is 0.929 bits per heavy atom. The third-order valence-corrected chi connectivity index (χ3v) is 5.37. The number of urea groups is 1. The molecular weight excluding hydrogens is 356 g/mol. The first-order chi connectivity index (χ1) is 13.7. The molecule has 7 nitrogen and oxygen atoms in total. The molecule has 0 saturated carbocycles. The zero-order chi connectivity index (χ0) is 19.3. The van der Waals surface area contributed by atoms with Crippen molar-refractivity contribution in [3.63, 3.8) is 0 Å². The van der Waals surface area contributed by atoms with Gasteiger partial charge in [-0.2, -0.15) is 0 Å². The van der Waals surface area contributed by atoms with Crippen LogP contribution in [0.4, 0.5) is 10.5 Å². The van der Waals surface area contributed by atoms with Crippen molar-refractivity contribution in [3.05, 3.63) is 54.0 Å². The van der Waals surface area contributed by atoms with Crippen LogP contribution in [-0.4, -0.2) is 65.9 Å². The Balaban J connectivity index is 1.30. The molecule has 2 saturated heterocycles. The van der Waals surface area contributed by atoms with Gasteiger partial charge < -0.3 is 19.5 Å². The second kappa shape index (κ2) is 8.48. The summed E-state index contributed by atoms with van der Waals surface area (Å²) >= 11 is 0. The highest BCUT2D eigenvalue weighted by Gasteiger charge is 2.23. The molecule has 3 amide bonds. The fourth-order valence-electron chi connectivity index (χ4n) is 3.77. The van der Waals surface area contributed by atoms with Crippen molar-refractivity contribution in [2.24, 2.45) is 0 Å². The first-order valence-electron chi connectivity index (χ1n) is 9.89. The largest absolute Gasteiger partial charge is 0.468 e. The lowest BCUT2D eigenvalue weighted by molar-refractivity contribution is 0.0793. The van der Waals surface area contributed by atoms with E-state index in [-0.39, 0.29) is 11.9 Å². The van der Waals surface area contributed by atoms with Crippen LogP contribution in [0.3, 0.4) is 0 Å². The number of benzene rings is 1. The molecule has 7 heteroatoms. The van der Waals surface area contributed by atoms with Crippen molar-refractivity contribution in [2.45, 2.75) is 19.4 Å². The summed E-state index contributed by atoms with van der Waals surface area (Å²) in [6.45, 7) is 5.35. The fourth-order valence-corrected chi connectivity index (χ4v) is 3.77. The minimum Gasteiger partial charge on any atom is -0.468 e. The van der Waals surface area contributed by atoms with E-state index in [9.17, 15) is 9.59 Å². The van der Waals surface area contributed by atoms with Crippen LogP contribution in [0.2, 0.25) is 0 Å². The molecule has 3 heterocycles. The van der Waals surface area contributed by atoms with Crippen LogP contribution in [0, 0.1) is 0 Å². The van der Waals surface area contributed by atoms with E-state index in [1.165, 1.54) is 0 Å². The lowest BCUT2D eigenvalue weighted by Crippen LogP contribution is -2.49. The predicted octanol–water partition coefficient (Wildman–Crippen LogP) is 2.87. The summed E-state index contributed by atoms with van der Waals surface area (Å²) in [5, 5.41) is 2.94. The number of nitrogens with one attached hydrogen (secondary N) is 1. The number of amides is 3. The van der Waals surface area contributed by atoms with E-state index < -0.39 is 0 Å². The standard InChI is InChI=1S/C21H26N4O3/c26-20(24-8-1-2-9-24)17-5-3-6-18(15-17)22-21(27)25-12-10-23(11-13-25)16-19-7-4-14-28-19/h3-7,14-15H,1-2,8-13,16H2,(H,22,27). The fraction of sp³-hybridized carbons (Fsp3) is 0.429. The summed E-state index contributed by atoms with van der Waals surface area (Å²) in [6.07, 6.45) is 3.81. The number of piperazine rings is 1. The van der Waals surface area contributed by atoms with Gasteiger partial charge in [0, 0.05) is 50.5 Å². The maximum absolute atomic E-state index is 12.6. The summed E-state index contributed by atoms with van der Waals surface area (Å²) < 4.78 is 5.39. The number of carbonyl (C=O) groups excluding carboxylic acids is 2. The maximum Gasteiger partial charge on any atom is 0.321 e. The highest BCUT2D eigenvalue weighted by Crippen LogP contribution is 2.17. The van der Waals surface area contributed by atoms with Gasteiger partial charge in [0.1, 0.15) is 5.76 Å². The van der Waals surface area contributed by atoms with Gasteiger partial charge in [-0.1, -0.05) is 6.07 Å². The first kappa shape index (κ1) is 18.6. The number of anilines is 1. The van der Waals surface area contributed by atoms with Gasteiger partial charge in [0.15, 0.2) is 0 Å². The molecule has 0 spiro atoms. The Labute approximate surface area is 164 Å². The molecule has 2 aromatic rings. The molecule has 0 aliphatic carbocycles. The predicted molar refractivity (Wildman–Crippen MR) is 106 cm³/mol. The lowest BCUT2D eigenvalue weighted by atomic mass is 10.1.